The lowest BCUT2D eigenvalue weighted by Crippen LogP contribution is -2.43. The molecule has 25 heavy (non-hydrogen) atoms. The van der Waals surface area contributed by atoms with E-state index in [0.717, 1.165) is 23.7 Å². The number of H-pyrrole nitrogens is 1. The number of aromatic amines is 1. The first-order valence-corrected chi connectivity index (χ1v) is 9.16. The van der Waals surface area contributed by atoms with E-state index < -0.39 is 0 Å². The molecule has 1 aliphatic heterocycles. The van der Waals surface area contributed by atoms with Gasteiger partial charge in [-0.2, -0.15) is 0 Å². The molecule has 4 rings (SSSR count). The number of amides is 2. The highest BCUT2D eigenvalue weighted by atomic mass is 32.1. The Kier molecular flexibility index (Phi) is 4.23. The van der Waals surface area contributed by atoms with Crippen molar-refractivity contribution in [3.8, 4) is 0 Å². The summed E-state index contributed by atoms with van der Waals surface area (Å²) in [6, 6.07) is 9.68. The van der Waals surface area contributed by atoms with Crippen LogP contribution in [0.1, 0.15) is 23.3 Å². The molecule has 2 amide bonds. The highest BCUT2D eigenvalue weighted by Gasteiger charge is 2.29. The van der Waals surface area contributed by atoms with E-state index in [1.165, 1.54) is 11.3 Å². The van der Waals surface area contributed by atoms with Gasteiger partial charge in [-0.3, -0.25) is 9.59 Å². The number of hydrogen-bond donors (Lipinski definition) is 2. The number of para-hydroxylation sites is 1. The Morgan fingerprint density at radius 3 is 3.00 bits per heavy atom. The lowest BCUT2D eigenvalue weighted by Gasteiger charge is -2.31. The number of aromatic nitrogens is 2. The van der Waals surface area contributed by atoms with Crippen molar-refractivity contribution in [3.63, 3.8) is 0 Å². The molecule has 128 valence electrons. The van der Waals surface area contributed by atoms with E-state index in [1.54, 1.807) is 11.1 Å². The third-order valence-electron chi connectivity index (χ3n) is 4.50. The summed E-state index contributed by atoms with van der Waals surface area (Å²) in [7, 11) is 0. The van der Waals surface area contributed by atoms with E-state index in [2.05, 4.69) is 15.3 Å². The number of piperidine rings is 1. The van der Waals surface area contributed by atoms with E-state index in [4.69, 9.17) is 0 Å². The zero-order valence-electron chi connectivity index (χ0n) is 13.6. The van der Waals surface area contributed by atoms with Crippen molar-refractivity contribution in [3.05, 3.63) is 47.6 Å². The fourth-order valence-corrected chi connectivity index (χ4v) is 3.76. The predicted octanol–water partition coefficient (Wildman–Crippen LogP) is 3.12. The average Bonchev–Trinajstić information content (AvgIpc) is 3.30. The van der Waals surface area contributed by atoms with Gasteiger partial charge in [0.25, 0.3) is 5.91 Å². The molecule has 1 unspecified atom stereocenters. The molecule has 2 N–H and O–H groups in total. The zero-order chi connectivity index (χ0) is 17.2. The molecule has 0 spiro atoms. The van der Waals surface area contributed by atoms with Crippen LogP contribution in [0.25, 0.3) is 10.9 Å². The maximum absolute atomic E-state index is 12.8. The number of nitrogens with one attached hydrogen (secondary N) is 2. The van der Waals surface area contributed by atoms with Crippen molar-refractivity contribution < 1.29 is 9.59 Å². The fourth-order valence-electron chi connectivity index (χ4n) is 3.23. The third kappa shape index (κ3) is 3.28. The van der Waals surface area contributed by atoms with Crippen LogP contribution in [0.5, 0.6) is 0 Å². The first-order chi connectivity index (χ1) is 12.2. The van der Waals surface area contributed by atoms with Crippen LogP contribution >= 0.6 is 11.3 Å². The highest BCUT2D eigenvalue weighted by Crippen LogP contribution is 2.22. The minimum atomic E-state index is -0.203. The highest BCUT2D eigenvalue weighted by molar-refractivity contribution is 7.13. The van der Waals surface area contributed by atoms with E-state index in [9.17, 15) is 9.59 Å². The zero-order valence-corrected chi connectivity index (χ0v) is 14.4. The quantitative estimate of drug-likeness (QED) is 0.758. The van der Waals surface area contributed by atoms with Crippen LogP contribution in [0.2, 0.25) is 0 Å². The van der Waals surface area contributed by atoms with Gasteiger partial charge in [-0.05, 0) is 25.0 Å². The molecule has 1 fully saturated rings. The summed E-state index contributed by atoms with van der Waals surface area (Å²) in [6.07, 6.45) is 3.27. The molecule has 1 atom stereocenters. The summed E-state index contributed by atoms with van der Waals surface area (Å²) in [4.78, 5) is 34.2. The SMILES string of the molecule is O=C(Nc1nccs1)C1CCCN(C(=O)c2cc3ccccc3[nH]2)C1. The Hall–Kier alpha value is -2.67. The molecule has 0 aliphatic carbocycles. The second-order valence-electron chi connectivity index (χ2n) is 6.19. The monoisotopic (exact) mass is 354 g/mol. The van der Waals surface area contributed by atoms with Crippen LogP contribution in [0.15, 0.2) is 41.9 Å². The normalized spacial score (nSPS) is 17.6. The maximum atomic E-state index is 12.8. The summed E-state index contributed by atoms with van der Waals surface area (Å²) in [5.41, 5.74) is 1.52. The Morgan fingerprint density at radius 2 is 2.20 bits per heavy atom. The lowest BCUT2D eigenvalue weighted by atomic mass is 9.97. The second-order valence-corrected chi connectivity index (χ2v) is 7.08. The molecule has 2 aromatic heterocycles. The average molecular weight is 354 g/mol. The van der Waals surface area contributed by atoms with Gasteiger partial charge in [-0.15, -0.1) is 11.3 Å². The molecule has 1 aromatic carbocycles. The molecule has 0 saturated carbocycles. The van der Waals surface area contributed by atoms with E-state index in [-0.39, 0.29) is 17.7 Å². The molecule has 0 radical (unpaired) electrons. The van der Waals surface area contributed by atoms with Gasteiger partial charge in [0.1, 0.15) is 5.69 Å². The number of hydrogen-bond acceptors (Lipinski definition) is 4. The molecular weight excluding hydrogens is 336 g/mol. The molecular formula is C18H18N4O2S. The van der Waals surface area contributed by atoms with E-state index in [0.29, 0.717) is 23.9 Å². The number of carbonyl (C=O) groups is 2. The molecule has 1 saturated heterocycles. The van der Waals surface area contributed by atoms with Crippen LogP contribution < -0.4 is 5.32 Å². The van der Waals surface area contributed by atoms with Crippen LogP contribution in [-0.4, -0.2) is 39.8 Å². The minimum absolute atomic E-state index is 0.0528. The van der Waals surface area contributed by atoms with Crippen LogP contribution in [0, 0.1) is 5.92 Å². The minimum Gasteiger partial charge on any atom is -0.351 e. The van der Waals surface area contributed by atoms with E-state index in [1.807, 2.05) is 35.7 Å². The van der Waals surface area contributed by atoms with Gasteiger partial charge >= 0.3 is 0 Å². The predicted molar refractivity (Wildman–Crippen MR) is 97.7 cm³/mol. The number of thiazole rings is 1. The van der Waals surface area contributed by atoms with Gasteiger partial charge in [0, 0.05) is 35.6 Å². The first kappa shape index (κ1) is 15.8. The van der Waals surface area contributed by atoms with Gasteiger partial charge in [0.05, 0.1) is 5.92 Å². The van der Waals surface area contributed by atoms with Crippen molar-refractivity contribution in [2.45, 2.75) is 12.8 Å². The molecule has 1 aliphatic rings. The number of fused-ring (bicyclic) bond motifs is 1. The topological polar surface area (TPSA) is 78.1 Å². The maximum Gasteiger partial charge on any atom is 0.270 e. The summed E-state index contributed by atoms with van der Waals surface area (Å²) < 4.78 is 0. The van der Waals surface area contributed by atoms with Gasteiger partial charge in [-0.1, -0.05) is 18.2 Å². The Morgan fingerprint density at radius 1 is 1.32 bits per heavy atom. The van der Waals surface area contributed by atoms with Crippen molar-refractivity contribution >= 4 is 39.2 Å². The van der Waals surface area contributed by atoms with Crippen LogP contribution in [-0.2, 0) is 4.79 Å². The summed E-state index contributed by atoms with van der Waals surface area (Å²) >= 11 is 1.39. The van der Waals surface area contributed by atoms with Crippen molar-refractivity contribution in [1.29, 1.82) is 0 Å². The van der Waals surface area contributed by atoms with Crippen LogP contribution in [0.4, 0.5) is 5.13 Å². The van der Waals surface area contributed by atoms with E-state index >= 15 is 0 Å². The summed E-state index contributed by atoms with van der Waals surface area (Å²) in [6.45, 7) is 1.11. The first-order valence-electron chi connectivity index (χ1n) is 8.28. The van der Waals surface area contributed by atoms with Gasteiger partial charge in [0.15, 0.2) is 5.13 Å². The Bertz CT molecular complexity index is 870. The standard InChI is InChI=1S/C18H18N4O2S/c23-16(21-18-19-7-9-25-18)13-5-3-8-22(11-13)17(24)15-10-12-4-1-2-6-14(12)20-15/h1-2,4,6-7,9-10,13,20H,3,5,8,11H2,(H,19,21,23). The summed E-state index contributed by atoms with van der Waals surface area (Å²) in [5, 5.41) is 6.27. The smallest absolute Gasteiger partial charge is 0.270 e. The largest absolute Gasteiger partial charge is 0.351 e. The van der Waals surface area contributed by atoms with Gasteiger partial charge < -0.3 is 15.2 Å². The number of anilines is 1. The molecule has 7 heteroatoms. The van der Waals surface area contributed by atoms with Gasteiger partial charge in [-0.25, -0.2) is 4.98 Å². The molecule has 3 aromatic rings. The number of rotatable bonds is 3. The fraction of sp³-hybridized carbons (Fsp3) is 0.278. The number of nitrogens with zero attached hydrogens (tertiary/aromatic N) is 2. The number of carbonyl (C=O) groups excluding carboxylic acids is 2. The summed E-state index contributed by atoms with van der Waals surface area (Å²) in [5.74, 6) is -0.321. The van der Waals surface area contributed by atoms with Crippen molar-refractivity contribution in [1.82, 2.24) is 14.9 Å². The molecule has 0 bridgehead atoms. The Balaban J connectivity index is 1.46. The number of benzene rings is 1. The molecule has 6 nitrogen and oxygen atoms in total. The van der Waals surface area contributed by atoms with Crippen molar-refractivity contribution in [2.75, 3.05) is 18.4 Å². The molecule has 3 heterocycles. The second kappa shape index (κ2) is 6.68. The lowest BCUT2D eigenvalue weighted by molar-refractivity contribution is -0.121. The third-order valence-corrected chi connectivity index (χ3v) is 5.19. The van der Waals surface area contributed by atoms with Crippen LogP contribution in [0.3, 0.4) is 0 Å². The van der Waals surface area contributed by atoms with Gasteiger partial charge in [0.2, 0.25) is 5.91 Å². The Labute approximate surface area is 148 Å². The van der Waals surface area contributed by atoms with Crippen molar-refractivity contribution in [2.24, 2.45) is 5.92 Å². The number of likely N-dealkylation sites (tertiary alicyclic amines) is 1.